The lowest BCUT2D eigenvalue weighted by molar-refractivity contribution is 0.391. The Balaban J connectivity index is 1.44. The number of halogens is 1. The van der Waals surface area contributed by atoms with E-state index in [0.717, 1.165) is 16.7 Å². The van der Waals surface area contributed by atoms with Crippen molar-refractivity contribution in [1.29, 1.82) is 0 Å². The van der Waals surface area contributed by atoms with Gasteiger partial charge in [0.15, 0.2) is 0 Å². The number of hydrogen-bond donors (Lipinski definition) is 0. The third-order valence-corrected chi connectivity index (χ3v) is 4.76. The number of hydrogen-bond acceptors (Lipinski definition) is 8. The maximum Gasteiger partial charge on any atom is 0.277 e. The van der Waals surface area contributed by atoms with Crippen molar-refractivity contribution in [1.82, 2.24) is 25.3 Å². The van der Waals surface area contributed by atoms with Gasteiger partial charge < -0.3 is 8.94 Å². The quantitative estimate of drug-likeness (QED) is 0.466. The predicted octanol–water partition coefficient (Wildman–Crippen LogP) is 4.44. The summed E-state index contributed by atoms with van der Waals surface area (Å²) in [7, 11) is 0. The minimum atomic E-state index is 0.428. The lowest BCUT2D eigenvalue weighted by Crippen LogP contribution is -1.84. The summed E-state index contributed by atoms with van der Waals surface area (Å²) in [6.45, 7) is 1.93. The van der Waals surface area contributed by atoms with Crippen molar-refractivity contribution in [3.8, 4) is 22.8 Å². The van der Waals surface area contributed by atoms with Gasteiger partial charge >= 0.3 is 0 Å². The van der Waals surface area contributed by atoms with E-state index in [4.69, 9.17) is 20.5 Å². The van der Waals surface area contributed by atoms with Gasteiger partial charge in [0.2, 0.25) is 17.6 Å². The van der Waals surface area contributed by atoms with Gasteiger partial charge in [-0.2, -0.15) is 4.98 Å². The van der Waals surface area contributed by atoms with E-state index in [1.165, 1.54) is 11.8 Å². The van der Waals surface area contributed by atoms with E-state index in [0.29, 0.717) is 33.6 Å². The molecule has 0 spiro atoms. The van der Waals surface area contributed by atoms with Crippen LogP contribution in [0.15, 0.2) is 56.9 Å². The molecule has 0 atom stereocenters. The zero-order valence-electron chi connectivity index (χ0n) is 13.6. The molecule has 0 aliphatic heterocycles. The first kappa shape index (κ1) is 16.7. The molecule has 0 unspecified atom stereocenters. The van der Waals surface area contributed by atoms with Gasteiger partial charge in [0, 0.05) is 28.5 Å². The lowest BCUT2D eigenvalue weighted by atomic mass is 10.1. The maximum atomic E-state index is 6.04. The summed E-state index contributed by atoms with van der Waals surface area (Å²) in [6, 6.07) is 9.20. The number of thioether (sulfide) groups is 1. The highest BCUT2D eigenvalue weighted by Gasteiger charge is 2.13. The minimum absolute atomic E-state index is 0.428. The molecule has 0 radical (unpaired) electrons. The highest BCUT2D eigenvalue weighted by Crippen LogP contribution is 2.27. The van der Waals surface area contributed by atoms with Crippen LogP contribution in [0.2, 0.25) is 5.02 Å². The Morgan fingerprint density at radius 3 is 2.73 bits per heavy atom. The Labute approximate surface area is 157 Å². The van der Waals surface area contributed by atoms with Gasteiger partial charge in [-0.25, -0.2) is 0 Å². The molecule has 4 aromatic rings. The molecule has 0 fully saturated rings. The van der Waals surface area contributed by atoms with Crippen molar-refractivity contribution in [3.05, 3.63) is 59.2 Å². The molecule has 0 aliphatic rings. The molecule has 9 heteroatoms. The van der Waals surface area contributed by atoms with E-state index in [9.17, 15) is 0 Å². The molecular formula is C17H12ClN5O2S. The van der Waals surface area contributed by atoms with E-state index in [-0.39, 0.29) is 0 Å². The van der Waals surface area contributed by atoms with Crippen molar-refractivity contribution in [3.63, 3.8) is 0 Å². The van der Waals surface area contributed by atoms with Crippen molar-refractivity contribution in [2.45, 2.75) is 17.9 Å². The lowest BCUT2D eigenvalue weighted by Gasteiger charge is -1.98. The second-order valence-corrected chi connectivity index (χ2v) is 6.71. The van der Waals surface area contributed by atoms with E-state index in [1.807, 2.05) is 25.1 Å². The van der Waals surface area contributed by atoms with Crippen LogP contribution >= 0.6 is 23.4 Å². The Morgan fingerprint density at radius 1 is 1.08 bits per heavy atom. The largest absolute Gasteiger partial charge is 0.411 e. The van der Waals surface area contributed by atoms with Gasteiger partial charge in [-0.15, -0.1) is 10.2 Å². The van der Waals surface area contributed by atoms with Gasteiger partial charge in [0.1, 0.15) is 0 Å². The number of rotatable bonds is 5. The molecular weight excluding hydrogens is 374 g/mol. The molecule has 0 aliphatic carbocycles. The summed E-state index contributed by atoms with van der Waals surface area (Å²) in [5, 5.41) is 13.2. The van der Waals surface area contributed by atoms with E-state index >= 15 is 0 Å². The average molecular weight is 386 g/mol. The fraction of sp³-hybridized carbons (Fsp3) is 0.118. The highest BCUT2D eigenvalue weighted by atomic mass is 35.5. The molecule has 130 valence electrons. The van der Waals surface area contributed by atoms with Crippen molar-refractivity contribution in [2.75, 3.05) is 0 Å². The van der Waals surface area contributed by atoms with Crippen molar-refractivity contribution in [2.24, 2.45) is 0 Å². The molecule has 0 saturated heterocycles. The SMILES string of the molecule is Cc1cc(-c2noc(CSc3nnc(-c4ccncc4)o3)n2)ccc1Cl. The fourth-order valence-corrected chi connectivity index (χ4v) is 2.94. The molecule has 1 aromatic carbocycles. The fourth-order valence-electron chi connectivity index (χ4n) is 2.22. The molecule has 0 amide bonds. The standard InChI is InChI=1S/C17H12ClN5O2S/c1-10-8-12(2-3-13(10)18)15-20-14(25-23-15)9-26-17-22-21-16(24-17)11-4-6-19-7-5-11/h2-8H,9H2,1H3. The summed E-state index contributed by atoms with van der Waals surface area (Å²) in [6.07, 6.45) is 3.34. The van der Waals surface area contributed by atoms with Gasteiger partial charge in [-0.05, 0) is 42.8 Å². The first-order valence-electron chi connectivity index (χ1n) is 7.65. The van der Waals surface area contributed by atoms with Gasteiger partial charge in [0.25, 0.3) is 5.22 Å². The maximum absolute atomic E-state index is 6.04. The molecule has 3 aromatic heterocycles. The molecule has 0 bridgehead atoms. The van der Waals surface area contributed by atoms with Crippen LogP contribution in [0.5, 0.6) is 0 Å². The van der Waals surface area contributed by atoms with E-state index < -0.39 is 0 Å². The summed E-state index contributed by atoms with van der Waals surface area (Å²) < 4.78 is 10.9. The number of pyridine rings is 1. The Kier molecular flexibility index (Phi) is 4.68. The van der Waals surface area contributed by atoms with Crippen molar-refractivity contribution < 1.29 is 8.94 Å². The summed E-state index contributed by atoms with van der Waals surface area (Å²) in [4.78, 5) is 8.35. The van der Waals surface area contributed by atoms with Crippen LogP contribution in [-0.2, 0) is 5.75 Å². The predicted molar refractivity (Wildman–Crippen MR) is 96.6 cm³/mol. The summed E-state index contributed by atoms with van der Waals surface area (Å²) in [5.41, 5.74) is 2.63. The first-order chi connectivity index (χ1) is 12.7. The van der Waals surface area contributed by atoms with Crippen LogP contribution in [0.1, 0.15) is 11.5 Å². The van der Waals surface area contributed by atoms with Gasteiger partial charge in [0.05, 0.1) is 5.75 Å². The van der Waals surface area contributed by atoms with Crippen LogP contribution in [-0.4, -0.2) is 25.3 Å². The molecule has 7 nitrogen and oxygen atoms in total. The number of benzene rings is 1. The van der Waals surface area contributed by atoms with Crippen molar-refractivity contribution >= 4 is 23.4 Å². The number of aromatic nitrogens is 5. The topological polar surface area (TPSA) is 90.7 Å². The third-order valence-electron chi connectivity index (χ3n) is 3.54. The minimum Gasteiger partial charge on any atom is -0.411 e. The second kappa shape index (κ2) is 7.27. The van der Waals surface area contributed by atoms with Crippen LogP contribution in [0.3, 0.4) is 0 Å². The monoisotopic (exact) mass is 385 g/mol. The average Bonchev–Trinajstić information content (AvgIpc) is 3.32. The zero-order valence-corrected chi connectivity index (χ0v) is 15.2. The number of nitrogens with zero attached hydrogens (tertiary/aromatic N) is 5. The highest BCUT2D eigenvalue weighted by molar-refractivity contribution is 7.98. The molecule has 26 heavy (non-hydrogen) atoms. The second-order valence-electron chi connectivity index (χ2n) is 5.37. The van der Waals surface area contributed by atoms with Gasteiger partial charge in [-0.1, -0.05) is 28.5 Å². The first-order valence-corrected chi connectivity index (χ1v) is 9.01. The summed E-state index contributed by atoms with van der Waals surface area (Å²) in [5.74, 6) is 1.86. The van der Waals surface area contributed by atoms with Crippen LogP contribution < -0.4 is 0 Å². The number of aryl methyl sites for hydroxylation is 1. The molecule has 0 N–H and O–H groups in total. The Hall–Kier alpha value is -2.71. The third kappa shape index (κ3) is 3.61. The Morgan fingerprint density at radius 2 is 1.92 bits per heavy atom. The molecule has 3 heterocycles. The Bertz CT molecular complexity index is 1030. The van der Waals surface area contributed by atoms with Gasteiger partial charge in [-0.3, -0.25) is 4.98 Å². The van der Waals surface area contributed by atoms with Crippen LogP contribution in [0, 0.1) is 6.92 Å². The molecule has 4 rings (SSSR count). The van der Waals surface area contributed by atoms with Crippen LogP contribution in [0.25, 0.3) is 22.8 Å². The molecule has 0 saturated carbocycles. The van der Waals surface area contributed by atoms with E-state index in [1.54, 1.807) is 24.5 Å². The smallest absolute Gasteiger partial charge is 0.277 e. The zero-order chi connectivity index (χ0) is 17.9. The van der Waals surface area contributed by atoms with E-state index in [2.05, 4.69) is 25.3 Å². The van der Waals surface area contributed by atoms with Crippen LogP contribution in [0.4, 0.5) is 0 Å². The summed E-state index contributed by atoms with van der Waals surface area (Å²) >= 11 is 7.37. The normalized spacial score (nSPS) is 11.0.